The van der Waals surface area contributed by atoms with E-state index < -0.39 is 10.0 Å². The van der Waals surface area contributed by atoms with Crippen LogP contribution in [0.2, 0.25) is 0 Å². The molecule has 126 valence electrons. The highest BCUT2D eigenvalue weighted by molar-refractivity contribution is 7.90. The van der Waals surface area contributed by atoms with Gasteiger partial charge in [0.15, 0.2) is 0 Å². The Hall–Kier alpha value is -1.31. The third-order valence-electron chi connectivity index (χ3n) is 3.23. The normalized spacial score (nSPS) is 11.6. The molecule has 0 heterocycles. The van der Waals surface area contributed by atoms with Crippen molar-refractivity contribution in [3.63, 3.8) is 0 Å². The maximum atomic E-state index is 11.5. The molecule has 22 heavy (non-hydrogen) atoms. The maximum Gasteiger partial charge on any atom is 0.213 e. The number of nitrogens with one attached hydrogen (secondary N) is 3. The van der Waals surface area contributed by atoms with Crippen molar-refractivity contribution >= 4 is 15.7 Å². The largest absolute Gasteiger partial charge is 0.497 e. The Morgan fingerprint density at radius 1 is 1.05 bits per heavy atom. The van der Waals surface area contributed by atoms with Gasteiger partial charge >= 0.3 is 0 Å². The first-order valence-electron chi connectivity index (χ1n) is 7.57. The molecule has 0 aromatic heterocycles. The minimum absolute atomic E-state index is 0.372. The quantitative estimate of drug-likeness (QED) is 0.428. The zero-order valence-corrected chi connectivity index (χ0v) is 14.4. The molecule has 0 fully saturated rings. The summed E-state index contributed by atoms with van der Waals surface area (Å²) < 4.78 is 30.8. The molecule has 0 unspecified atom stereocenters. The number of hydrazine groups is 1. The second-order valence-electron chi connectivity index (χ2n) is 5.33. The van der Waals surface area contributed by atoms with Crippen molar-refractivity contribution in [1.29, 1.82) is 0 Å². The van der Waals surface area contributed by atoms with Gasteiger partial charge in [-0.15, -0.1) is 0 Å². The van der Waals surface area contributed by atoms with E-state index in [-0.39, 0.29) is 5.25 Å². The Morgan fingerprint density at radius 3 is 2.27 bits per heavy atom. The van der Waals surface area contributed by atoms with Gasteiger partial charge in [-0.1, -0.05) is 6.42 Å². The maximum absolute atomic E-state index is 11.5. The van der Waals surface area contributed by atoms with Gasteiger partial charge in [-0.05, 0) is 51.0 Å². The van der Waals surface area contributed by atoms with E-state index in [1.165, 1.54) is 0 Å². The first-order valence-corrected chi connectivity index (χ1v) is 9.12. The molecule has 0 bridgehead atoms. The predicted octanol–water partition coefficient (Wildman–Crippen LogP) is 2.11. The van der Waals surface area contributed by atoms with Gasteiger partial charge in [-0.25, -0.2) is 18.6 Å². The zero-order valence-electron chi connectivity index (χ0n) is 13.6. The SMILES string of the molecule is COc1ccc(NNCCCCCNS(=O)(=O)C(C)C)cc1. The van der Waals surface area contributed by atoms with Gasteiger partial charge in [0.2, 0.25) is 10.0 Å². The molecule has 6 nitrogen and oxygen atoms in total. The summed E-state index contributed by atoms with van der Waals surface area (Å²) in [5.41, 5.74) is 7.22. The van der Waals surface area contributed by atoms with Crippen LogP contribution in [-0.2, 0) is 10.0 Å². The molecule has 0 amide bonds. The van der Waals surface area contributed by atoms with Crippen LogP contribution in [0.25, 0.3) is 0 Å². The second kappa shape index (κ2) is 9.66. The molecule has 1 rings (SSSR count). The number of hydrogen-bond acceptors (Lipinski definition) is 5. The second-order valence-corrected chi connectivity index (χ2v) is 7.65. The van der Waals surface area contributed by atoms with Gasteiger partial charge in [0.1, 0.15) is 5.75 Å². The Kier molecular flexibility index (Phi) is 8.22. The van der Waals surface area contributed by atoms with Crippen LogP contribution in [0.5, 0.6) is 5.75 Å². The van der Waals surface area contributed by atoms with Crippen LogP contribution in [0, 0.1) is 0 Å². The summed E-state index contributed by atoms with van der Waals surface area (Å²) >= 11 is 0. The summed E-state index contributed by atoms with van der Waals surface area (Å²) in [6.45, 7) is 4.68. The van der Waals surface area contributed by atoms with Gasteiger partial charge in [0.25, 0.3) is 0 Å². The van der Waals surface area contributed by atoms with Crippen molar-refractivity contribution in [2.24, 2.45) is 0 Å². The van der Waals surface area contributed by atoms with Gasteiger partial charge in [-0.3, -0.25) is 0 Å². The molecule has 0 aliphatic heterocycles. The molecule has 1 aromatic rings. The molecule has 0 saturated heterocycles. The number of anilines is 1. The van der Waals surface area contributed by atoms with E-state index in [2.05, 4.69) is 15.6 Å². The fourth-order valence-corrected chi connectivity index (χ4v) is 2.50. The van der Waals surface area contributed by atoms with Crippen molar-refractivity contribution in [2.75, 3.05) is 25.6 Å². The van der Waals surface area contributed by atoms with Crippen molar-refractivity contribution in [1.82, 2.24) is 10.1 Å². The monoisotopic (exact) mass is 329 g/mol. The van der Waals surface area contributed by atoms with Crippen molar-refractivity contribution < 1.29 is 13.2 Å². The van der Waals surface area contributed by atoms with Gasteiger partial charge in [-0.2, -0.15) is 0 Å². The summed E-state index contributed by atoms with van der Waals surface area (Å²) in [5.74, 6) is 0.828. The zero-order chi connectivity index (χ0) is 16.4. The Labute approximate surface area is 133 Å². The molecule has 0 radical (unpaired) electrons. The molecule has 0 saturated carbocycles. The first kappa shape index (κ1) is 18.7. The van der Waals surface area contributed by atoms with Gasteiger partial charge in [0.05, 0.1) is 12.4 Å². The van der Waals surface area contributed by atoms with Crippen LogP contribution in [0.3, 0.4) is 0 Å². The highest BCUT2D eigenvalue weighted by Gasteiger charge is 2.13. The van der Waals surface area contributed by atoms with Crippen LogP contribution >= 0.6 is 0 Å². The van der Waals surface area contributed by atoms with Crippen LogP contribution in [0.15, 0.2) is 24.3 Å². The molecular formula is C15H27N3O3S. The van der Waals surface area contributed by atoms with E-state index in [0.717, 1.165) is 37.2 Å². The summed E-state index contributed by atoms with van der Waals surface area (Å²) in [4.78, 5) is 0. The highest BCUT2D eigenvalue weighted by Crippen LogP contribution is 2.13. The standard InChI is InChI=1S/C15H27N3O3S/c1-13(2)22(19,20)17-12-6-4-5-11-16-18-14-7-9-15(21-3)10-8-14/h7-10,13,16-18H,4-6,11-12H2,1-3H3. The van der Waals surface area contributed by atoms with Crippen LogP contribution < -0.4 is 20.3 Å². The molecule has 0 aliphatic carbocycles. The summed E-state index contributed by atoms with van der Waals surface area (Å²) in [6.07, 6.45) is 2.79. The lowest BCUT2D eigenvalue weighted by molar-refractivity contribution is 0.415. The number of unbranched alkanes of at least 4 members (excludes halogenated alkanes) is 2. The average Bonchev–Trinajstić information content (AvgIpc) is 2.50. The molecule has 3 N–H and O–H groups in total. The molecule has 0 spiro atoms. The van der Waals surface area contributed by atoms with E-state index in [9.17, 15) is 8.42 Å². The minimum Gasteiger partial charge on any atom is -0.497 e. The third kappa shape index (κ3) is 7.11. The van der Waals surface area contributed by atoms with Crippen molar-refractivity contribution in [3.8, 4) is 5.75 Å². The average molecular weight is 329 g/mol. The number of ether oxygens (including phenoxy) is 1. The smallest absolute Gasteiger partial charge is 0.213 e. The van der Waals surface area contributed by atoms with Crippen molar-refractivity contribution in [2.45, 2.75) is 38.4 Å². The van der Waals surface area contributed by atoms with Crippen LogP contribution in [0.1, 0.15) is 33.1 Å². The topological polar surface area (TPSA) is 79.5 Å². The molecule has 0 atom stereocenters. The number of methoxy groups -OCH3 is 1. The number of sulfonamides is 1. The van der Waals surface area contributed by atoms with Crippen LogP contribution in [0.4, 0.5) is 5.69 Å². The number of hydrogen-bond donors (Lipinski definition) is 3. The summed E-state index contributed by atoms with van der Waals surface area (Å²) in [6, 6.07) is 7.66. The fourth-order valence-electron chi connectivity index (χ4n) is 1.74. The lowest BCUT2D eigenvalue weighted by Gasteiger charge is -2.10. The van der Waals surface area contributed by atoms with E-state index in [0.29, 0.717) is 6.54 Å². The van der Waals surface area contributed by atoms with Crippen molar-refractivity contribution in [3.05, 3.63) is 24.3 Å². The highest BCUT2D eigenvalue weighted by atomic mass is 32.2. The van der Waals surface area contributed by atoms with Gasteiger partial charge < -0.3 is 10.2 Å². The third-order valence-corrected chi connectivity index (χ3v) is 5.07. The molecule has 1 aromatic carbocycles. The lowest BCUT2D eigenvalue weighted by atomic mass is 10.2. The Bertz CT molecular complexity index is 515. The predicted molar refractivity (Wildman–Crippen MR) is 90.5 cm³/mol. The van der Waals surface area contributed by atoms with E-state index in [4.69, 9.17) is 4.74 Å². The fraction of sp³-hybridized carbons (Fsp3) is 0.600. The molecule has 7 heteroatoms. The number of benzene rings is 1. The van der Waals surface area contributed by atoms with Crippen LogP contribution in [-0.4, -0.2) is 33.9 Å². The first-order chi connectivity index (χ1) is 10.5. The van der Waals surface area contributed by atoms with E-state index in [1.54, 1.807) is 21.0 Å². The minimum atomic E-state index is -3.13. The Morgan fingerprint density at radius 2 is 1.68 bits per heavy atom. The summed E-state index contributed by atoms with van der Waals surface area (Å²) in [5, 5.41) is -0.372. The molecule has 0 aliphatic rings. The lowest BCUT2D eigenvalue weighted by Crippen LogP contribution is -2.31. The number of rotatable bonds is 11. The van der Waals surface area contributed by atoms with Gasteiger partial charge in [0, 0.05) is 18.8 Å². The van der Waals surface area contributed by atoms with E-state index in [1.807, 2.05) is 24.3 Å². The Balaban J connectivity index is 2.04. The van der Waals surface area contributed by atoms with E-state index >= 15 is 0 Å². The summed E-state index contributed by atoms with van der Waals surface area (Å²) in [7, 11) is -1.48. The molecular weight excluding hydrogens is 302 g/mol.